The maximum Gasteiger partial charge on any atom is 0.234 e. The van der Waals surface area contributed by atoms with Crippen LogP contribution < -0.4 is 5.32 Å². The van der Waals surface area contributed by atoms with Crippen molar-refractivity contribution >= 4 is 34.4 Å². The summed E-state index contributed by atoms with van der Waals surface area (Å²) >= 11 is 1.33. The quantitative estimate of drug-likeness (QED) is 0.391. The molecule has 28 heavy (non-hydrogen) atoms. The number of H-pyrrole nitrogens is 1. The van der Waals surface area contributed by atoms with E-state index < -0.39 is 0 Å². The number of aromatic amines is 1. The van der Waals surface area contributed by atoms with Crippen molar-refractivity contribution < 1.29 is 4.79 Å². The van der Waals surface area contributed by atoms with Crippen LogP contribution in [0.15, 0.2) is 59.8 Å². The summed E-state index contributed by atoms with van der Waals surface area (Å²) in [5.74, 6) is 0.919. The van der Waals surface area contributed by atoms with Gasteiger partial charge in [-0.1, -0.05) is 36.0 Å². The molecule has 2 aromatic heterocycles. The fourth-order valence-corrected chi connectivity index (χ4v) is 3.67. The van der Waals surface area contributed by atoms with E-state index in [2.05, 4.69) is 25.3 Å². The van der Waals surface area contributed by atoms with Gasteiger partial charge in [-0.3, -0.25) is 4.79 Å². The Hall–Kier alpha value is -3.19. The molecule has 0 aliphatic heterocycles. The number of carbonyl (C=O) groups excluding carboxylic acids is 1. The van der Waals surface area contributed by atoms with Crippen molar-refractivity contribution in [3.8, 4) is 11.4 Å². The number of hydrogen-bond donors (Lipinski definition) is 2. The van der Waals surface area contributed by atoms with Gasteiger partial charge in [-0.25, -0.2) is 15.0 Å². The van der Waals surface area contributed by atoms with Gasteiger partial charge in [-0.15, -0.1) is 0 Å². The minimum Gasteiger partial charge on any atom is -0.338 e. The van der Waals surface area contributed by atoms with Crippen LogP contribution in [0.25, 0.3) is 22.4 Å². The largest absolute Gasteiger partial charge is 0.338 e. The lowest BCUT2D eigenvalue weighted by molar-refractivity contribution is -0.113. The summed E-state index contributed by atoms with van der Waals surface area (Å²) in [5.41, 5.74) is 5.33. The standard InChI is InChI=1S/C21H19N5OS/c1-13-10-14(2)23-21(22-13)28-12-19(27)24-16-7-5-6-15(11-16)20-25-17-8-3-4-9-18(17)26-20/h3-11H,12H2,1-2H3,(H,24,27)(H,25,26). The van der Waals surface area contributed by atoms with E-state index >= 15 is 0 Å². The zero-order valence-electron chi connectivity index (χ0n) is 15.6. The smallest absolute Gasteiger partial charge is 0.234 e. The van der Waals surface area contributed by atoms with Gasteiger partial charge in [0.05, 0.1) is 16.8 Å². The lowest BCUT2D eigenvalue weighted by atomic mass is 10.2. The second-order valence-electron chi connectivity index (χ2n) is 6.45. The number of benzene rings is 2. The van der Waals surface area contributed by atoms with Crippen LogP contribution in [0, 0.1) is 13.8 Å². The molecule has 0 saturated heterocycles. The van der Waals surface area contributed by atoms with Gasteiger partial charge in [0.1, 0.15) is 5.82 Å². The van der Waals surface area contributed by atoms with Gasteiger partial charge in [0.25, 0.3) is 0 Å². The summed E-state index contributed by atoms with van der Waals surface area (Å²) in [6, 6.07) is 17.4. The number of hydrogen-bond acceptors (Lipinski definition) is 5. The second-order valence-corrected chi connectivity index (χ2v) is 7.40. The molecule has 2 heterocycles. The fourth-order valence-electron chi connectivity index (χ4n) is 2.92. The number of carbonyl (C=O) groups is 1. The Morgan fingerprint density at radius 1 is 1.00 bits per heavy atom. The third kappa shape index (κ3) is 4.20. The van der Waals surface area contributed by atoms with Crippen LogP contribution in [0.4, 0.5) is 5.69 Å². The molecule has 4 aromatic rings. The van der Waals surface area contributed by atoms with E-state index in [4.69, 9.17) is 0 Å². The number of imidazole rings is 1. The number of anilines is 1. The van der Waals surface area contributed by atoms with Crippen LogP contribution in [-0.2, 0) is 4.79 Å². The molecule has 0 atom stereocenters. The molecule has 140 valence electrons. The van der Waals surface area contributed by atoms with Crippen LogP contribution in [0.5, 0.6) is 0 Å². The molecule has 0 saturated carbocycles. The highest BCUT2D eigenvalue weighted by Gasteiger charge is 2.09. The normalized spacial score (nSPS) is 10.9. The lowest BCUT2D eigenvalue weighted by Gasteiger charge is -2.07. The molecule has 4 rings (SSSR count). The van der Waals surface area contributed by atoms with Gasteiger partial charge in [-0.05, 0) is 44.2 Å². The molecule has 2 aromatic carbocycles. The van der Waals surface area contributed by atoms with E-state index in [1.807, 2.05) is 68.4 Å². The highest BCUT2D eigenvalue weighted by atomic mass is 32.2. The Labute approximate surface area is 166 Å². The highest BCUT2D eigenvalue weighted by molar-refractivity contribution is 7.99. The molecule has 0 fully saturated rings. The van der Waals surface area contributed by atoms with Crippen LogP contribution >= 0.6 is 11.8 Å². The van der Waals surface area contributed by atoms with E-state index in [0.717, 1.165) is 39.5 Å². The summed E-state index contributed by atoms with van der Waals surface area (Å²) in [6.45, 7) is 3.84. The van der Waals surface area contributed by atoms with Gasteiger partial charge in [-0.2, -0.15) is 0 Å². The molecular weight excluding hydrogens is 370 g/mol. The first-order valence-corrected chi connectivity index (χ1v) is 9.85. The minimum atomic E-state index is -0.102. The monoisotopic (exact) mass is 389 g/mol. The zero-order valence-corrected chi connectivity index (χ0v) is 16.4. The van der Waals surface area contributed by atoms with Gasteiger partial charge in [0.15, 0.2) is 5.16 Å². The number of aryl methyl sites for hydroxylation is 2. The van der Waals surface area contributed by atoms with Crippen molar-refractivity contribution in [2.24, 2.45) is 0 Å². The Balaban J connectivity index is 1.44. The third-order valence-electron chi connectivity index (χ3n) is 4.10. The van der Waals surface area contributed by atoms with Crippen molar-refractivity contribution in [2.75, 3.05) is 11.1 Å². The first kappa shape index (κ1) is 18.2. The topological polar surface area (TPSA) is 83.6 Å². The molecule has 0 unspecified atom stereocenters. The number of thioether (sulfide) groups is 1. The Kier molecular flexibility index (Phi) is 5.08. The summed E-state index contributed by atoms with van der Waals surface area (Å²) in [5, 5.41) is 3.54. The molecule has 1 amide bonds. The predicted octanol–water partition coefficient (Wildman–Crippen LogP) is 4.37. The van der Waals surface area contributed by atoms with Crippen molar-refractivity contribution in [3.63, 3.8) is 0 Å². The van der Waals surface area contributed by atoms with E-state index in [1.165, 1.54) is 11.8 Å². The SMILES string of the molecule is Cc1cc(C)nc(SCC(=O)Nc2cccc(-c3nc4ccccc4[nH]3)c2)n1. The molecular formula is C21H19N5OS. The van der Waals surface area contributed by atoms with Gasteiger partial charge in [0, 0.05) is 22.6 Å². The molecule has 6 nitrogen and oxygen atoms in total. The molecule has 2 N–H and O–H groups in total. The number of fused-ring (bicyclic) bond motifs is 1. The summed E-state index contributed by atoms with van der Waals surface area (Å²) in [7, 11) is 0. The number of amides is 1. The summed E-state index contributed by atoms with van der Waals surface area (Å²) < 4.78 is 0. The molecule has 0 radical (unpaired) electrons. The number of aromatic nitrogens is 4. The lowest BCUT2D eigenvalue weighted by Crippen LogP contribution is -2.14. The van der Waals surface area contributed by atoms with E-state index in [0.29, 0.717) is 5.16 Å². The average molecular weight is 389 g/mol. The van der Waals surface area contributed by atoms with Gasteiger partial charge < -0.3 is 10.3 Å². The molecule has 0 bridgehead atoms. The minimum absolute atomic E-state index is 0.102. The fraction of sp³-hybridized carbons (Fsp3) is 0.143. The summed E-state index contributed by atoms with van der Waals surface area (Å²) in [6.07, 6.45) is 0. The zero-order chi connectivity index (χ0) is 19.5. The molecule has 0 spiro atoms. The van der Waals surface area contributed by atoms with Crippen molar-refractivity contribution in [1.82, 2.24) is 19.9 Å². The second kappa shape index (κ2) is 7.82. The molecule has 7 heteroatoms. The maximum atomic E-state index is 12.3. The number of para-hydroxylation sites is 2. The predicted molar refractivity (Wildman–Crippen MR) is 112 cm³/mol. The van der Waals surface area contributed by atoms with Gasteiger partial charge >= 0.3 is 0 Å². The maximum absolute atomic E-state index is 12.3. The van der Waals surface area contributed by atoms with Crippen molar-refractivity contribution in [2.45, 2.75) is 19.0 Å². The van der Waals surface area contributed by atoms with Crippen LogP contribution in [-0.4, -0.2) is 31.6 Å². The number of rotatable bonds is 5. The first-order valence-electron chi connectivity index (χ1n) is 8.87. The van der Waals surface area contributed by atoms with E-state index in [1.54, 1.807) is 0 Å². The Morgan fingerprint density at radius 3 is 2.57 bits per heavy atom. The van der Waals surface area contributed by atoms with Gasteiger partial charge in [0.2, 0.25) is 5.91 Å². The Morgan fingerprint density at radius 2 is 1.79 bits per heavy atom. The molecule has 0 aliphatic rings. The Bertz CT molecular complexity index is 1100. The summed E-state index contributed by atoms with van der Waals surface area (Å²) in [4.78, 5) is 28.9. The third-order valence-corrected chi connectivity index (χ3v) is 4.95. The van der Waals surface area contributed by atoms with Crippen LogP contribution in [0.3, 0.4) is 0 Å². The van der Waals surface area contributed by atoms with Crippen LogP contribution in [0.1, 0.15) is 11.4 Å². The van der Waals surface area contributed by atoms with E-state index in [-0.39, 0.29) is 11.7 Å². The van der Waals surface area contributed by atoms with Crippen molar-refractivity contribution in [1.29, 1.82) is 0 Å². The number of nitrogens with one attached hydrogen (secondary N) is 2. The first-order chi connectivity index (χ1) is 13.6. The average Bonchev–Trinajstić information content (AvgIpc) is 3.10. The van der Waals surface area contributed by atoms with Crippen molar-refractivity contribution in [3.05, 3.63) is 66.0 Å². The highest BCUT2D eigenvalue weighted by Crippen LogP contribution is 2.23. The van der Waals surface area contributed by atoms with Crippen LogP contribution in [0.2, 0.25) is 0 Å². The number of nitrogens with zero attached hydrogens (tertiary/aromatic N) is 3. The van der Waals surface area contributed by atoms with E-state index in [9.17, 15) is 4.79 Å². The molecule has 0 aliphatic carbocycles.